The standard InChI is InChI=1S/C13H17BClF3O4/c1-11(2,20)12(3,4)22-14(21)7-5-8(13(16,17)18)10(19)9(15)6-7/h5-6,19-21H,1-4H3. The van der Waals surface area contributed by atoms with Gasteiger partial charge in [0.25, 0.3) is 0 Å². The molecule has 0 bridgehead atoms. The van der Waals surface area contributed by atoms with E-state index >= 15 is 0 Å². The van der Waals surface area contributed by atoms with Gasteiger partial charge in [-0.2, -0.15) is 13.2 Å². The number of alkyl halides is 3. The number of benzene rings is 1. The van der Waals surface area contributed by atoms with Crippen molar-refractivity contribution in [1.82, 2.24) is 0 Å². The van der Waals surface area contributed by atoms with Crippen LogP contribution in [0.5, 0.6) is 5.75 Å². The van der Waals surface area contributed by atoms with Gasteiger partial charge in [-0.1, -0.05) is 11.6 Å². The minimum atomic E-state index is -4.84. The molecule has 0 spiro atoms. The maximum absolute atomic E-state index is 12.8. The highest BCUT2D eigenvalue weighted by molar-refractivity contribution is 6.60. The normalized spacial score (nSPS) is 13.4. The van der Waals surface area contributed by atoms with E-state index in [1.54, 1.807) is 0 Å². The lowest BCUT2D eigenvalue weighted by atomic mass is 9.76. The first-order chi connectivity index (χ1) is 9.67. The third-order valence-electron chi connectivity index (χ3n) is 3.56. The molecule has 4 nitrogen and oxygen atoms in total. The maximum Gasteiger partial charge on any atom is 0.491 e. The second-order valence-corrected chi connectivity index (χ2v) is 6.34. The summed E-state index contributed by atoms with van der Waals surface area (Å²) in [6, 6.07) is 1.52. The Morgan fingerprint density at radius 1 is 1.14 bits per heavy atom. The fourth-order valence-corrected chi connectivity index (χ4v) is 1.70. The second kappa shape index (κ2) is 5.92. The van der Waals surface area contributed by atoms with Gasteiger partial charge in [0.15, 0.2) is 0 Å². The number of hydrogen-bond donors (Lipinski definition) is 3. The van der Waals surface area contributed by atoms with Gasteiger partial charge >= 0.3 is 13.3 Å². The van der Waals surface area contributed by atoms with Crippen LogP contribution in [-0.2, 0) is 10.8 Å². The smallest absolute Gasteiger partial charge is 0.491 e. The predicted octanol–water partition coefficient (Wildman–Crippen LogP) is 2.32. The van der Waals surface area contributed by atoms with Crippen LogP contribution in [0.4, 0.5) is 13.2 Å². The first kappa shape index (κ1) is 19.1. The summed E-state index contributed by atoms with van der Waals surface area (Å²) in [5, 5.41) is 28.8. The van der Waals surface area contributed by atoms with Crippen LogP contribution in [0.1, 0.15) is 33.3 Å². The number of rotatable bonds is 4. The van der Waals surface area contributed by atoms with Crippen LogP contribution in [0, 0.1) is 0 Å². The lowest BCUT2D eigenvalue weighted by Crippen LogP contribution is -2.53. The van der Waals surface area contributed by atoms with Gasteiger partial charge in [-0.15, -0.1) is 0 Å². The van der Waals surface area contributed by atoms with Crippen molar-refractivity contribution in [2.45, 2.75) is 45.1 Å². The summed E-state index contributed by atoms with van der Waals surface area (Å²) < 4.78 is 43.7. The molecule has 0 unspecified atom stereocenters. The average molecular weight is 341 g/mol. The molecule has 0 saturated heterocycles. The molecule has 0 aliphatic heterocycles. The monoisotopic (exact) mass is 340 g/mol. The van der Waals surface area contributed by atoms with Crippen molar-refractivity contribution in [3.63, 3.8) is 0 Å². The Bertz CT molecular complexity index is 555. The second-order valence-electron chi connectivity index (χ2n) is 5.94. The van der Waals surface area contributed by atoms with Crippen molar-refractivity contribution in [2.75, 3.05) is 0 Å². The third-order valence-corrected chi connectivity index (χ3v) is 3.84. The highest BCUT2D eigenvalue weighted by atomic mass is 35.5. The molecule has 0 atom stereocenters. The summed E-state index contributed by atoms with van der Waals surface area (Å²) >= 11 is 5.56. The van der Waals surface area contributed by atoms with Crippen LogP contribution in [-0.4, -0.2) is 33.6 Å². The lowest BCUT2D eigenvalue weighted by molar-refractivity contribution is -0.138. The van der Waals surface area contributed by atoms with Crippen molar-refractivity contribution in [1.29, 1.82) is 0 Å². The molecule has 0 heterocycles. The lowest BCUT2D eigenvalue weighted by Gasteiger charge is -2.38. The van der Waals surface area contributed by atoms with Gasteiger partial charge < -0.3 is 19.9 Å². The van der Waals surface area contributed by atoms with Gasteiger partial charge in [0.1, 0.15) is 5.75 Å². The van der Waals surface area contributed by atoms with Gasteiger partial charge in [0.2, 0.25) is 0 Å². The minimum Gasteiger partial charge on any atom is -0.506 e. The molecular weight excluding hydrogens is 323 g/mol. The van der Waals surface area contributed by atoms with E-state index in [1.807, 2.05) is 0 Å². The zero-order valence-corrected chi connectivity index (χ0v) is 13.2. The molecule has 1 aromatic rings. The Morgan fingerprint density at radius 3 is 2.05 bits per heavy atom. The Kier molecular flexibility index (Phi) is 5.14. The Labute approximate surface area is 131 Å². The Balaban J connectivity index is 3.21. The van der Waals surface area contributed by atoms with Crippen LogP contribution in [0.3, 0.4) is 0 Å². The summed E-state index contributed by atoms with van der Waals surface area (Å²) in [5.41, 5.74) is -4.28. The van der Waals surface area contributed by atoms with E-state index < -0.39 is 40.8 Å². The summed E-state index contributed by atoms with van der Waals surface area (Å²) in [4.78, 5) is 0. The molecule has 0 amide bonds. The number of hydrogen-bond acceptors (Lipinski definition) is 4. The largest absolute Gasteiger partial charge is 0.506 e. The molecule has 0 radical (unpaired) electrons. The number of aliphatic hydroxyl groups is 1. The summed E-state index contributed by atoms with van der Waals surface area (Å²) in [6.07, 6.45) is -4.84. The average Bonchev–Trinajstić information content (AvgIpc) is 2.28. The third kappa shape index (κ3) is 4.07. The molecule has 1 rings (SSSR count). The van der Waals surface area contributed by atoms with Crippen LogP contribution < -0.4 is 5.46 Å². The van der Waals surface area contributed by atoms with E-state index in [9.17, 15) is 28.4 Å². The van der Waals surface area contributed by atoms with Gasteiger partial charge in [0.05, 0.1) is 21.8 Å². The van der Waals surface area contributed by atoms with Crippen molar-refractivity contribution in [3.8, 4) is 5.75 Å². The van der Waals surface area contributed by atoms with Crippen LogP contribution in [0.15, 0.2) is 12.1 Å². The zero-order valence-electron chi connectivity index (χ0n) is 12.5. The molecule has 9 heteroatoms. The highest BCUT2D eigenvalue weighted by Gasteiger charge is 2.41. The molecular formula is C13H17BClF3O4. The van der Waals surface area contributed by atoms with Crippen molar-refractivity contribution in [3.05, 3.63) is 22.7 Å². The van der Waals surface area contributed by atoms with Gasteiger partial charge in [-0.05, 0) is 45.3 Å². The molecule has 22 heavy (non-hydrogen) atoms. The van der Waals surface area contributed by atoms with E-state index in [0.717, 1.165) is 6.07 Å². The number of phenols is 1. The van der Waals surface area contributed by atoms with Crippen molar-refractivity contribution in [2.24, 2.45) is 0 Å². The zero-order chi connectivity index (χ0) is 17.5. The van der Waals surface area contributed by atoms with Crippen LogP contribution in [0.25, 0.3) is 0 Å². The Morgan fingerprint density at radius 2 is 1.64 bits per heavy atom. The van der Waals surface area contributed by atoms with Crippen LogP contribution in [0.2, 0.25) is 5.02 Å². The molecule has 124 valence electrons. The maximum atomic E-state index is 12.8. The SMILES string of the molecule is CC(C)(O)C(C)(C)OB(O)c1cc(Cl)c(O)c(C(F)(F)F)c1. The summed E-state index contributed by atoms with van der Waals surface area (Å²) in [5.74, 6) is -1.12. The molecule has 0 aliphatic rings. The fourth-order valence-electron chi connectivity index (χ4n) is 1.47. The first-order valence-electron chi connectivity index (χ1n) is 6.34. The predicted molar refractivity (Wildman–Crippen MR) is 77.2 cm³/mol. The molecule has 0 saturated carbocycles. The van der Waals surface area contributed by atoms with E-state index in [0.29, 0.717) is 6.07 Å². The van der Waals surface area contributed by atoms with E-state index in [-0.39, 0.29) is 5.46 Å². The highest BCUT2D eigenvalue weighted by Crippen LogP contribution is 2.38. The number of halogens is 4. The van der Waals surface area contributed by atoms with Gasteiger partial charge in [-0.3, -0.25) is 0 Å². The molecule has 0 fully saturated rings. The van der Waals surface area contributed by atoms with E-state index in [4.69, 9.17) is 16.3 Å². The Hall–Kier alpha value is -0.955. The van der Waals surface area contributed by atoms with Gasteiger partial charge in [-0.25, -0.2) is 0 Å². The molecule has 3 N–H and O–H groups in total. The minimum absolute atomic E-state index is 0.285. The first-order valence-corrected chi connectivity index (χ1v) is 6.72. The fraction of sp³-hybridized carbons (Fsp3) is 0.538. The number of aromatic hydroxyl groups is 1. The quantitative estimate of drug-likeness (QED) is 0.736. The molecule has 1 aromatic carbocycles. The van der Waals surface area contributed by atoms with Crippen molar-refractivity contribution >= 4 is 24.2 Å². The molecule has 0 aromatic heterocycles. The summed E-state index contributed by atoms with van der Waals surface area (Å²) in [7, 11) is -1.76. The van der Waals surface area contributed by atoms with Crippen LogP contribution >= 0.6 is 11.6 Å². The van der Waals surface area contributed by atoms with Crippen molar-refractivity contribution < 1.29 is 33.1 Å². The molecule has 0 aliphatic carbocycles. The van der Waals surface area contributed by atoms with Gasteiger partial charge in [0, 0.05) is 0 Å². The topological polar surface area (TPSA) is 69.9 Å². The van der Waals surface area contributed by atoms with E-state index in [2.05, 4.69) is 0 Å². The number of phenolic OH excluding ortho intramolecular Hbond substituents is 1. The van der Waals surface area contributed by atoms with E-state index in [1.165, 1.54) is 27.7 Å². The summed E-state index contributed by atoms with van der Waals surface area (Å²) in [6.45, 7) is 5.82.